The second kappa shape index (κ2) is 5.94. The van der Waals surface area contributed by atoms with Crippen LogP contribution in [0.25, 0.3) is 0 Å². The predicted octanol–water partition coefficient (Wildman–Crippen LogP) is 3.23. The van der Waals surface area contributed by atoms with Crippen molar-refractivity contribution in [2.45, 2.75) is 51.2 Å². The molecule has 0 radical (unpaired) electrons. The molecule has 0 saturated heterocycles. The Morgan fingerprint density at radius 3 is 3.06 bits per heavy atom. The molecule has 3 nitrogen and oxygen atoms in total. The molecule has 4 heteroatoms. The van der Waals surface area contributed by atoms with Crippen LogP contribution in [0.5, 0.6) is 0 Å². The fourth-order valence-electron chi connectivity index (χ4n) is 2.46. The van der Waals surface area contributed by atoms with E-state index in [0.717, 1.165) is 19.3 Å². The number of hydrogen-bond donors (Lipinski definition) is 1. The van der Waals surface area contributed by atoms with Crippen molar-refractivity contribution in [1.29, 1.82) is 0 Å². The largest absolute Gasteiger partial charge is 0.374 e. The molecule has 0 bridgehead atoms. The zero-order valence-electron chi connectivity index (χ0n) is 11.0. The molecule has 1 aromatic rings. The number of ether oxygens (including phenoxy) is 1. The topological polar surface area (TPSA) is 34.1 Å². The van der Waals surface area contributed by atoms with E-state index in [2.05, 4.69) is 12.2 Å². The van der Waals surface area contributed by atoms with Crippen LogP contribution in [0.3, 0.4) is 0 Å². The number of fused-ring (bicyclic) bond motifs is 1. The van der Waals surface area contributed by atoms with Crippen molar-refractivity contribution >= 4 is 11.3 Å². The van der Waals surface area contributed by atoms with Gasteiger partial charge in [-0.1, -0.05) is 13.3 Å². The standard InChI is InChI=1S/C13H22N2OS/c1-4-6-11(16-3)13-15-10-8-5-7-9(14-2)12(10)17-13/h9,11,14H,4-8H2,1-3H3. The Morgan fingerprint density at radius 2 is 2.41 bits per heavy atom. The summed E-state index contributed by atoms with van der Waals surface area (Å²) < 4.78 is 5.55. The number of aryl methyl sites for hydroxylation is 1. The zero-order valence-corrected chi connectivity index (χ0v) is 11.8. The van der Waals surface area contributed by atoms with Crippen LogP contribution in [0.1, 0.15) is 60.3 Å². The maximum absolute atomic E-state index is 5.55. The molecule has 2 atom stereocenters. The van der Waals surface area contributed by atoms with Crippen LogP contribution in [-0.4, -0.2) is 19.1 Å². The Balaban J connectivity index is 2.23. The van der Waals surface area contributed by atoms with Crippen molar-refractivity contribution in [1.82, 2.24) is 10.3 Å². The fourth-order valence-corrected chi connectivity index (χ4v) is 3.83. The van der Waals surface area contributed by atoms with E-state index < -0.39 is 0 Å². The molecule has 1 N–H and O–H groups in total. The number of nitrogens with one attached hydrogen (secondary N) is 1. The van der Waals surface area contributed by atoms with Crippen LogP contribution in [0, 0.1) is 0 Å². The van der Waals surface area contributed by atoms with Gasteiger partial charge in [-0.05, 0) is 32.7 Å². The third-order valence-corrected chi connectivity index (χ3v) is 4.73. The maximum Gasteiger partial charge on any atom is 0.122 e. The van der Waals surface area contributed by atoms with Crippen LogP contribution in [0.2, 0.25) is 0 Å². The molecule has 0 spiro atoms. The lowest BCUT2D eigenvalue weighted by Crippen LogP contribution is -2.19. The molecule has 0 amide bonds. The lowest BCUT2D eigenvalue weighted by molar-refractivity contribution is 0.0946. The first-order valence-corrected chi connectivity index (χ1v) is 7.31. The molecule has 1 aliphatic carbocycles. The van der Waals surface area contributed by atoms with Crippen LogP contribution in [0.4, 0.5) is 0 Å². The molecule has 0 aliphatic heterocycles. The minimum Gasteiger partial charge on any atom is -0.374 e. The quantitative estimate of drug-likeness (QED) is 0.876. The van der Waals surface area contributed by atoms with Crippen molar-refractivity contribution in [2.24, 2.45) is 0 Å². The maximum atomic E-state index is 5.55. The lowest BCUT2D eigenvalue weighted by atomic mass is 9.98. The molecule has 0 aromatic carbocycles. The highest BCUT2D eigenvalue weighted by molar-refractivity contribution is 7.11. The molecule has 1 aromatic heterocycles. The Morgan fingerprint density at radius 1 is 1.59 bits per heavy atom. The van der Waals surface area contributed by atoms with Crippen molar-refractivity contribution in [3.8, 4) is 0 Å². The van der Waals surface area contributed by atoms with E-state index in [-0.39, 0.29) is 6.10 Å². The average molecular weight is 254 g/mol. The lowest BCUT2D eigenvalue weighted by Gasteiger charge is -2.20. The number of nitrogens with zero attached hydrogens (tertiary/aromatic N) is 1. The highest BCUT2D eigenvalue weighted by Crippen LogP contribution is 2.37. The van der Waals surface area contributed by atoms with E-state index >= 15 is 0 Å². The average Bonchev–Trinajstić information content (AvgIpc) is 2.79. The molecule has 0 saturated carbocycles. The van der Waals surface area contributed by atoms with E-state index in [4.69, 9.17) is 9.72 Å². The molecular formula is C13H22N2OS. The molecule has 2 unspecified atom stereocenters. The Hall–Kier alpha value is -0.450. The van der Waals surface area contributed by atoms with Crippen LogP contribution in [0.15, 0.2) is 0 Å². The van der Waals surface area contributed by atoms with Crippen molar-refractivity contribution in [3.05, 3.63) is 15.6 Å². The third-order valence-electron chi connectivity index (χ3n) is 3.43. The van der Waals surface area contributed by atoms with Crippen LogP contribution >= 0.6 is 11.3 Å². The van der Waals surface area contributed by atoms with Crippen LogP contribution < -0.4 is 5.32 Å². The molecule has 1 aliphatic rings. The first-order valence-electron chi connectivity index (χ1n) is 6.49. The summed E-state index contributed by atoms with van der Waals surface area (Å²) in [6.07, 6.45) is 6.00. The van der Waals surface area contributed by atoms with Gasteiger partial charge in [-0.2, -0.15) is 0 Å². The van der Waals surface area contributed by atoms with Gasteiger partial charge in [0.2, 0.25) is 0 Å². The summed E-state index contributed by atoms with van der Waals surface area (Å²) in [5, 5.41) is 4.56. The minimum atomic E-state index is 0.188. The normalized spacial score (nSPS) is 21.2. The first kappa shape index (κ1) is 13.0. The van der Waals surface area contributed by atoms with Crippen molar-refractivity contribution < 1.29 is 4.74 Å². The SMILES string of the molecule is CCCC(OC)c1nc2c(s1)C(NC)CCC2. The molecule has 96 valence electrons. The molecule has 2 rings (SSSR count). The summed E-state index contributed by atoms with van der Waals surface area (Å²) in [5.74, 6) is 0. The summed E-state index contributed by atoms with van der Waals surface area (Å²) in [6, 6.07) is 0.504. The second-order valence-corrected chi connectivity index (χ2v) is 5.67. The summed E-state index contributed by atoms with van der Waals surface area (Å²) in [6.45, 7) is 2.19. The predicted molar refractivity (Wildman–Crippen MR) is 71.5 cm³/mol. The Labute approximate surface area is 108 Å². The summed E-state index contributed by atoms with van der Waals surface area (Å²) >= 11 is 1.84. The number of thiazole rings is 1. The minimum absolute atomic E-state index is 0.188. The van der Waals surface area contributed by atoms with Gasteiger partial charge in [-0.15, -0.1) is 11.3 Å². The number of rotatable bonds is 5. The molecule has 1 heterocycles. The van der Waals surface area contributed by atoms with Gasteiger partial charge < -0.3 is 10.1 Å². The monoisotopic (exact) mass is 254 g/mol. The van der Waals surface area contributed by atoms with Gasteiger partial charge in [0.25, 0.3) is 0 Å². The van der Waals surface area contributed by atoms with Crippen molar-refractivity contribution in [2.75, 3.05) is 14.2 Å². The van der Waals surface area contributed by atoms with E-state index in [0.29, 0.717) is 6.04 Å². The number of aromatic nitrogens is 1. The van der Waals surface area contributed by atoms with E-state index in [1.807, 2.05) is 18.4 Å². The van der Waals surface area contributed by atoms with Gasteiger partial charge in [-0.25, -0.2) is 4.98 Å². The summed E-state index contributed by atoms with van der Waals surface area (Å²) in [5.41, 5.74) is 1.30. The van der Waals surface area contributed by atoms with Gasteiger partial charge in [0.05, 0.1) is 5.69 Å². The van der Waals surface area contributed by atoms with Crippen LogP contribution in [-0.2, 0) is 11.2 Å². The summed E-state index contributed by atoms with van der Waals surface area (Å²) in [7, 11) is 3.83. The highest BCUT2D eigenvalue weighted by Gasteiger charge is 2.25. The highest BCUT2D eigenvalue weighted by atomic mass is 32.1. The van der Waals surface area contributed by atoms with E-state index in [1.165, 1.54) is 28.4 Å². The first-order chi connectivity index (χ1) is 8.30. The van der Waals surface area contributed by atoms with E-state index in [9.17, 15) is 0 Å². The zero-order chi connectivity index (χ0) is 12.3. The fraction of sp³-hybridized carbons (Fsp3) is 0.769. The molecular weight excluding hydrogens is 232 g/mol. The number of hydrogen-bond acceptors (Lipinski definition) is 4. The van der Waals surface area contributed by atoms with Gasteiger partial charge in [0, 0.05) is 18.0 Å². The third kappa shape index (κ3) is 2.69. The summed E-state index contributed by atoms with van der Waals surface area (Å²) in [4.78, 5) is 6.23. The van der Waals surface area contributed by atoms with Gasteiger partial charge in [-0.3, -0.25) is 0 Å². The second-order valence-electron chi connectivity index (χ2n) is 4.61. The Kier molecular flexibility index (Phi) is 4.54. The van der Waals surface area contributed by atoms with Gasteiger partial charge >= 0.3 is 0 Å². The molecule has 0 fully saturated rings. The van der Waals surface area contributed by atoms with E-state index in [1.54, 1.807) is 7.11 Å². The Bertz CT molecular complexity index is 364. The smallest absolute Gasteiger partial charge is 0.122 e. The van der Waals surface area contributed by atoms with Crippen molar-refractivity contribution in [3.63, 3.8) is 0 Å². The van der Waals surface area contributed by atoms with Gasteiger partial charge in [0.1, 0.15) is 11.1 Å². The molecule has 17 heavy (non-hydrogen) atoms. The number of methoxy groups -OCH3 is 1. The van der Waals surface area contributed by atoms with Gasteiger partial charge in [0.15, 0.2) is 0 Å².